The average molecular weight is 214 g/mol. The van der Waals surface area contributed by atoms with Gasteiger partial charge in [-0.3, -0.25) is 14.4 Å². The number of carboxylic acid groups (broad SMARTS) is 1. The lowest BCUT2D eigenvalue weighted by atomic mass is 10.2. The number of carbonyl (C=O) groups is 3. The fourth-order valence-corrected chi connectivity index (χ4v) is 1.70. The van der Waals surface area contributed by atoms with Crippen molar-refractivity contribution in [2.75, 3.05) is 13.1 Å². The second-order valence-corrected chi connectivity index (χ2v) is 3.48. The normalized spacial score (nSPS) is 20.1. The molecule has 0 aromatic rings. The third-order valence-electron chi connectivity index (χ3n) is 2.37. The fraction of sp³-hybridized carbons (Fsp3) is 0.667. The lowest BCUT2D eigenvalue weighted by Crippen LogP contribution is -2.46. The molecular weight excluding hydrogens is 200 g/mol. The van der Waals surface area contributed by atoms with Crippen molar-refractivity contribution in [3.63, 3.8) is 0 Å². The molecule has 1 aliphatic rings. The number of hydrogen-bond donors (Lipinski definition) is 2. The van der Waals surface area contributed by atoms with Gasteiger partial charge in [0.15, 0.2) is 0 Å². The van der Waals surface area contributed by atoms with Crippen molar-refractivity contribution < 1.29 is 19.5 Å². The number of hydrogen-bond acceptors (Lipinski definition) is 3. The number of nitrogens with zero attached hydrogens (tertiary/aromatic N) is 1. The lowest BCUT2D eigenvalue weighted by molar-refractivity contribution is -0.140. The molecule has 1 saturated heterocycles. The van der Waals surface area contributed by atoms with Crippen molar-refractivity contribution in [1.82, 2.24) is 10.2 Å². The van der Waals surface area contributed by atoms with Gasteiger partial charge in [0.05, 0.1) is 0 Å². The molecule has 0 radical (unpaired) electrons. The van der Waals surface area contributed by atoms with Crippen LogP contribution in [0.25, 0.3) is 0 Å². The SMILES string of the molecule is CC(=O)N1CCC[C@@H]1C(=O)NCC(=O)O. The molecule has 0 aliphatic carbocycles. The molecular formula is C9H14N2O4. The Labute approximate surface area is 87.2 Å². The van der Waals surface area contributed by atoms with Crippen LogP contribution in [0.3, 0.4) is 0 Å². The van der Waals surface area contributed by atoms with Crippen molar-refractivity contribution in [2.24, 2.45) is 0 Å². The second-order valence-electron chi connectivity index (χ2n) is 3.48. The summed E-state index contributed by atoms with van der Waals surface area (Å²) in [5, 5.41) is 10.7. The molecule has 0 aromatic carbocycles. The number of rotatable bonds is 3. The van der Waals surface area contributed by atoms with Crippen molar-refractivity contribution >= 4 is 17.8 Å². The molecule has 15 heavy (non-hydrogen) atoms. The summed E-state index contributed by atoms with van der Waals surface area (Å²) in [5.41, 5.74) is 0. The van der Waals surface area contributed by atoms with Gasteiger partial charge in [0.2, 0.25) is 11.8 Å². The van der Waals surface area contributed by atoms with Gasteiger partial charge in [-0.2, -0.15) is 0 Å². The maximum Gasteiger partial charge on any atom is 0.322 e. The zero-order valence-electron chi connectivity index (χ0n) is 8.52. The molecule has 1 aliphatic heterocycles. The van der Waals surface area contributed by atoms with Gasteiger partial charge < -0.3 is 15.3 Å². The van der Waals surface area contributed by atoms with E-state index >= 15 is 0 Å². The minimum atomic E-state index is -1.09. The van der Waals surface area contributed by atoms with Gasteiger partial charge in [0.1, 0.15) is 12.6 Å². The fourth-order valence-electron chi connectivity index (χ4n) is 1.70. The topological polar surface area (TPSA) is 86.7 Å². The highest BCUT2D eigenvalue weighted by atomic mass is 16.4. The Morgan fingerprint density at radius 2 is 2.13 bits per heavy atom. The predicted octanol–water partition coefficient (Wildman–Crippen LogP) is -0.802. The predicted molar refractivity (Wildman–Crippen MR) is 51.1 cm³/mol. The maximum atomic E-state index is 11.5. The molecule has 84 valence electrons. The van der Waals surface area contributed by atoms with E-state index in [4.69, 9.17) is 5.11 Å². The van der Waals surface area contributed by atoms with E-state index in [9.17, 15) is 14.4 Å². The number of carbonyl (C=O) groups excluding carboxylic acids is 2. The van der Waals surface area contributed by atoms with Crippen LogP contribution in [-0.2, 0) is 14.4 Å². The molecule has 0 spiro atoms. The zero-order chi connectivity index (χ0) is 11.4. The Hall–Kier alpha value is -1.59. The standard InChI is InChI=1S/C9H14N2O4/c1-6(12)11-4-2-3-7(11)9(15)10-5-8(13)14/h7H,2-5H2,1H3,(H,10,15)(H,13,14)/t7-/m1/s1. The third-order valence-corrected chi connectivity index (χ3v) is 2.37. The van der Waals surface area contributed by atoms with E-state index in [1.807, 2.05) is 0 Å². The molecule has 1 rings (SSSR count). The molecule has 6 nitrogen and oxygen atoms in total. The molecule has 0 bridgehead atoms. The van der Waals surface area contributed by atoms with Crippen molar-refractivity contribution in [1.29, 1.82) is 0 Å². The molecule has 6 heteroatoms. The molecule has 1 heterocycles. The van der Waals surface area contributed by atoms with E-state index in [1.165, 1.54) is 11.8 Å². The number of likely N-dealkylation sites (tertiary alicyclic amines) is 1. The summed E-state index contributed by atoms with van der Waals surface area (Å²) in [6.45, 7) is 1.57. The summed E-state index contributed by atoms with van der Waals surface area (Å²) < 4.78 is 0. The summed E-state index contributed by atoms with van der Waals surface area (Å²) >= 11 is 0. The van der Waals surface area contributed by atoms with E-state index < -0.39 is 18.6 Å². The molecule has 1 fully saturated rings. The Bertz CT molecular complexity index is 290. The Morgan fingerprint density at radius 3 is 2.67 bits per heavy atom. The first-order chi connectivity index (χ1) is 7.02. The van der Waals surface area contributed by atoms with Gasteiger partial charge in [0, 0.05) is 13.5 Å². The van der Waals surface area contributed by atoms with Crippen molar-refractivity contribution in [3.8, 4) is 0 Å². The molecule has 0 saturated carbocycles. The Balaban J connectivity index is 2.51. The highest BCUT2D eigenvalue weighted by Gasteiger charge is 2.32. The first-order valence-electron chi connectivity index (χ1n) is 4.79. The number of amides is 2. The zero-order valence-corrected chi connectivity index (χ0v) is 8.52. The Kier molecular flexibility index (Phi) is 3.65. The summed E-state index contributed by atoms with van der Waals surface area (Å²) in [4.78, 5) is 34.3. The smallest absolute Gasteiger partial charge is 0.322 e. The first kappa shape index (κ1) is 11.5. The lowest BCUT2D eigenvalue weighted by Gasteiger charge is -2.21. The van der Waals surface area contributed by atoms with E-state index in [1.54, 1.807) is 0 Å². The van der Waals surface area contributed by atoms with Crippen LogP contribution in [0.1, 0.15) is 19.8 Å². The maximum absolute atomic E-state index is 11.5. The monoisotopic (exact) mass is 214 g/mol. The van der Waals surface area contributed by atoms with Crippen LogP contribution in [-0.4, -0.2) is 46.9 Å². The Morgan fingerprint density at radius 1 is 1.47 bits per heavy atom. The number of nitrogens with one attached hydrogen (secondary N) is 1. The van der Waals surface area contributed by atoms with Crippen LogP contribution in [0.5, 0.6) is 0 Å². The highest BCUT2D eigenvalue weighted by Crippen LogP contribution is 2.16. The highest BCUT2D eigenvalue weighted by molar-refractivity contribution is 5.89. The van der Waals surface area contributed by atoms with Crippen molar-refractivity contribution in [3.05, 3.63) is 0 Å². The van der Waals surface area contributed by atoms with Crippen LogP contribution < -0.4 is 5.32 Å². The minimum Gasteiger partial charge on any atom is -0.480 e. The largest absolute Gasteiger partial charge is 0.480 e. The van der Waals surface area contributed by atoms with Gasteiger partial charge in [-0.15, -0.1) is 0 Å². The molecule has 2 N–H and O–H groups in total. The van der Waals surface area contributed by atoms with E-state index in [0.717, 1.165) is 6.42 Å². The van der Waals surface area contributed by atoms with Gasteiger partial charge in [-0.25, -0.2) is 0 Å². The van der Waals surface area contributed by atoms with E-state index in [2.05, 4.69) is 5.32 Å². The first-order valence-corrected chi connectivity index (χ1v) is 4.79. The average Bonchev–Trinajstić information content (AvgIpc) is 2.62. The minimum absolute atomic E-state index is 0.150. The summed E-state index contributed by atoms with van der Waals surface area (Å²) in [6.07, 6.45) is 1.38. The number of aliphatic carboxylic acids is 1. The van der Waals surface area contributed by atoms with Crippen molar-refractivity contribution in [2.45, 2.75) is 25.8 Å². The van der Waals surface area contributed by atoms with Gasteiger partial charge in [-0.05, 0) is 12.8 Å². The second kappa shape index (κ2) is 4.77. The molecule has 0 unspecified atom stereocenters. The number of carboxylic acids is 1. The molecule has 0 aromatic heterocycles. The summed E-state index contributed by atoms with van der Waals surface area (Å²) in [7, 11) is 0. The van der Waals surface area contributed by atoms with Crippen LogP contribution in [0.4, 0.5) is 0 Å². The van der Waals surface area contributed by atoms with Crippen LogP contribution >= 0.6 is 0 Å². The summed E-state index contributed by atoms with van der Waals surface area (Å²) in [6, 6.07) is -0.498. The molecule has 1 atom stereocenters. The summed E-state index contributed by atoms with van der Waals surface area (Å²) in [5.74, 6) is -1.62. The van der Waals surface area contributed by atoms with Crippen LogP contribution in [0.15, 0.2) is 0 Å². The van der Waals surface area contributed by atoms with Gasteiger partial charge in [0.25, 0.3) is 0 Å². The van der Waals surface area contributed by atoms with Crippen LogP contribution in [0, 0.1) is 0 Å². The van der Waals surface area contributed by atoms with E-state index in [-0.39, 0.29) is 11.8 Å². The van der Waals surface area contributed by atoms with E-state index in [0.29, 0.717) is 13.0 Å². The third kappa shape index (κ3) is 2.93. The van der Waals surface area contributed by atoms with Crippen LogP contribution in [0.2, 0.25) is 0 Å². The quantitative estimate of drug-likeness (QED) is 0.643. The molecule has 2 amide bonds. The van der Waals surface area contributed by atoms with Gasteiger partial charge >= 0.3 is 5.97 Å². The van der Waals surface area contributed by atoms with Gasteiger partial charge in [-0.1, -0.05) is 0 Å².